The van der Waals surface area contributed by atoms with Crippen LogP contribution >= 0.6 is 0 Å². The number of carbonyl (C=O) groups is 2. The zero-order valence-corrected chi connectivity index (χ0v) is 8.91. The Morgan fingerprint density at radius 1 is 1.20 bits per heavy atom. The summed E-state index contributed by atoms with van der Waals surface area (Å²) in [6, 6.07) is -0.316. The predicted molar refractivity (Wildman–Crippen MR) is 54.6 cm³/mol. The minimum atomic E-state index is -0.316. The molecule has 0 fully saturated rings. The van der Waals surface area contributed by atoms with Crippen LogP contribution in [0.15, 0.2) is 0 Å². The maximum absolute atomic E-state index is 11.0. The van der Waals surface area contributed by atoms with E-state index in [2.05, 4.69) is 10.6 Å². The Bertz CT molecular complexity index is 197. The number of hydrogen-bond acceptors (Lipinski definition) is 4. The molecule has 3 N–H and O–H groups in total. The summed E-state index contributed by atoms with van der Waals surface area (Å²) in [4.78, 5) is 21.6. The van der Waals surface area contributed by atoms with Crippen molar-refractivity contribution in [3.63, 3.8) is 0 Å². The fourth-order valence-corrected chi connectivity index (χ4v) is 0.818. The number of ether oxygens (including phenoxy) is 1. The molecule has 6 nitrogen and oxygen atoms in total. The SMILES string of the molecule is CC(=O)CCNC(=O)NCCOCCO. The lowest BCUT2D eigenvalue weighted by Gasteiger charge is -2.06. The molecule has 0 unspecified atom stereocenters. The number of Topliss-reactive ketones (excluding diaryl/α,β-unsaturated/α-hetero) is 1. The number of aliphatic hydroxyl groups is 1. The maximum atomic E-state index is 11.0. The van der Waals surface area contributed by atoms with Crippen LogP contribution in [0.1, 0.15) is 13.3 Å². The number of urea groups is 1. The van der Waals surface area contributed by atoms with Crippen molar-refractivity contribution in [2.75, 3.05) is 32.9 Å². The summed E-state index contributed by atoms with van der Waals surface area (Å²) in [6.07, 6.45) is 0.342. The number of carbonyl (C=O) groups excluding carboxylic acids is 2. The molecule has 0 aromatic rings. The molecule has 88 valence electrons. The Kier molecular flexibility index (Phi) is 8.70. The molecule has 15 heavy (non-hydrogen) atoms. The van der Waals surface area contributed by atoms with Crippen LogP contribution in [0, 0.1) is 0 Å². The second-order valence-corrected chi connectivity index (χ2v) is 2.97. The third-order valence-corrected chi connectivity index (χ3v) is 1.53. The number of nitrogens with one attached hydrogen (secondary N) is 2. The molecule has 0 heterocycles. The number of ketones is 1. The lowest BCUT2D eigenvalue weighted by molar-refractivity contribution is -0.116. The summed E-state index contributed by atoms with van der Waals surface area (Å²) in [5.74, 6) is 0.0431. The largest absolute Gasteiger partial charge is 0.394 e. The van der Waals surface area contributed by atoms with Gasteiger partial charge in [-0.25, -0.2) is 4.79 Å². The number of hydrogen-bond donors (Lipinski definition) is 3. The van der Waals surface area contributed by atoms with Gasteiger partial charge in [-0.15, -0.1) is 0 Å². The fraction of sp³-hybridized carbons (Fsp3) is 0.778. The van der Waals surface area contributed by atoms with Gasteiger partial charge < -0.3 is 20.5 Å². The fourth-order valence-electron chi connectivity index (χ4n) is 0.818. The van der Waals surface area contributed by atoms with E-state index in [4.69, 9.17) is 9.84 Å². The first-order valence-corrected chi connectivity index (χ1v) is 4.86. The highest BCUT2D eigenvalue weighted by Crippen LogP contribution is 1.78. The zero-order chi connectivity index (χ0) is 11.5. The number of aliphatic hydroxyl groups excluding tert-OH is 1. The Balaban J connectivity index is 3.22. The zero-order valence-electron chi connectivity index (χ0n) is 8.91. The van der Waals surface area contributed by atoms with E-state index in [1.54, 1.807) is 0 Å². The van der Waals surface area contributed by atoms with Crippen LogP contribution in [0.25, 0.3) is 0 Å². The Morgan fingerprint density at radius 2 is 1.87 bits per heavy atom. The molecule has 0 aromatic heterocycles. The number of amides is 2. The summed E-state index contributed by atoms with van der Waals surface area (Å²) >= 11 is 0. The molecule has 6 heteroatoms. The van der Waals surface area contributed by atoms with Gasteiger partial charge in [-0.1, -0.05) is 0 Å². The van der Waals surface area contributed by atoms with Gasteiger partial charge in [-0.2, -0.15) is 0 Å². The minimum absolute atomic E-state index is 0.0230. The molecule has 0 radical (unpaired) electrons. The molecule has 0 spiro atoms. The molecular weight excluding hydrogens is 200 g/mol. The van der Waals surface area contributed by atoms with Crippen molar-refractivity contribution in [2.24, 2.45) is 0 Å². The second kappa shape index (κ2) is 9.42. The molecule has 0 saturated heterocycles. The van der Waals surface area contributed by atoms with Crippen LogP contribution in [0.3, 0.4) is 0 Å². The number of rotatable bonds is 8. The quantitative estimate of drug-likeness (QED) is 0.469. The average Bonchev–Trinajstić information content (AvgIpc) is 2.17. The van der Waals surface area contributed by atoms with E-state index in [1.165, 1.54) is 6.92 Å². The lowest BCUT2D eigenvalue weighted by Crippen LogP contribution is -2.38. The maximum Gasteiger partial charge on any atom is 0.314 e. The normalized spacial score (nSPS) is 9.73. The van der Waals surface area contributed by atoms with Crippen LogP contribution in [0.5, 0.6) is 0 Å². The third-order valence-electron chi connectivity index (χ3n) is 1.53. The lowest BCUT2D eigenvalue weighted by atomic mass is 10.3. The Hall–Kier alpha value is -1.14. The van der Waals surface area contributed by atoms with Gasteiger partial charge in [0.15, 0.2) is 0 Å². The summed E-state index contributed by atoms with van der Waals surface area (Å²) < 4.78 is 4.93. The van der Waals surface area contributed by atoms with E-state index in [0.717, 1.165) is 0 Å². The van der Waals surface area contributed by atoms with E-state index >= 15 is 0 Å². The van der Waals surface area contributed by atoms with Gasteiger partial charge >= 0.3 is 6.03 Å². The van der Waals surface area contributed by atoms with Gasteiger partial charge in [0, 0.05) is 19.5 Å². The van der Waals surface area contributed by atoms with Gasteiger partial charge in [0.05, 0.1) is 19.8 Å². The van der Waals surface area contributed by atoms with Crippen LogP contribution in [-0.4, -0.2) is 49.8 Å². The molecule has 2 amide bonds. The monoisotopic (exact) mass is 218 g/mol. The molecule has 0 atom stereocenters. The van der Waals surface area contributed by atoms with Crippen molar-refractivity contribution in [1.82, 2.24) is 10.6 Å². The van der Waals surface area contributed by atoms with Crippen molar-refractivity contribution in [1.29, 1.82) is 0 Å². The van der Waals surface area contributed by atoms with Gasteiger partial charge in [-0.3, -0.25) is 4.79 Å². The summed E-state index contributed by atoms with van der Waals surface area (Å²) in [5.41, 5.74) is 0. The third kappa shape index (κ3) is 10.8. The molecule has 0 aliphatic carbocycles. The van der Waals surface area contributed by atoms with E-state index in [0.29, 0.717) is 26.1 Å². The van der Waals surface area contributed by atoms with Gasteiger partial charge in [-0.05, 0) is 6.92 Å². The summed E-state index contributed by atoms with van der Waals surface area (Å²) in [6.45, 7) is 2.81. The molecule has 0 saturated carbocycles. The second-order valence-electron chi connectivity index (χ2n) is 2.97. The smallest absolute Gasteiger partial charge is 0.314 e. The first-order valence-electron chi connectivity index (χ1n) is 4.86. The first-order chi connectivity index (χ1) is 7.16. The molecule has 0 aromatic carbocycles. The first kappa shape index (κ1) is 13.9. The molecule has 0 aliphatic heterocycles. The summed E-state index contributed by atoms with van der Waals surface area (Å²) in [5, 5.41) is 13.5. The predicted octanol–water partition coefficient (Wildman–Crippen LogP) is -0.726. The molecular formula is C9H18N2O4. The average molecular weight is 218 g/mol. The van der Waals surface area contributed by atoms with Crippen LogP contribution in [-0.2, 0) is 9.53 Å². The summed E-state index contributed by atoms with van der Waals surface area (Å²) in [7, 11) is 0. The van der Waals surface area contributed by atoms with Crippen molar-refractivity contribution in [3.8, 4) is 0 Å². The molecule has 0 rings (SSSR count). The van der Waals surface area contributed by atoms with Gasteiger partial charge in [0.2, 0.25) is 0 Å². The van der Waals surface area contributed by atoms with Crippen molar-refractivity contribution < 1.29 is 19.4 Å². The standard InChI is InChI=1S/C9H18N2O4/c1-8(13)2-3-10-9(14)11-4-6-15-7-5-12/h12H,2-7H2,1H3,(H2,10,11,14). The topological polar surface area (TPSA) is 87.7 Å². The van der Waals surface area contributed by atoms with E-state index in [1.807, 2.05) is 0 Å². The van der Waals surface area contributed by atoms with Crippen molar-refractivity contribution in [3.05, 3.63) is 0 Å². The van der Waals surface area contributed by atoms with E-state index in [-0.39, 0.29) is 25.0 Å². The van der Waals surface area contributed by atoms with Crippen molar-refractivity contribution in [2.45, 2.75) is 13.3 Å². The van der Waals surface area contributed by atoms with E-state index in [9.17, 15) is 9.59 Å². The Morgan fingerprint density at radius 3 is 2.47 bits per heavy atom. The highest BCUT2D eigenvalue weighted by molar-refractivity contribution is 5.77. The Labute approximate surface area is 89.0 Å². The van der Waals surface area contributed by atoms with Crippen LogP contribution in [0.2, 0.25) is 0 Å². The molecule has 0 aliphatic rings. The van der Waals surface area contributed by atoms with E-state index < -0.39 is 0 Å². The highest BCUT2D eigenvalue weighted by atomic mass is 16.5. The highest BCUT2D eigenvalue weighted by Gasteiger charge is 1.99. The van der Waals surface area contributed by atoms with Gasteiger partial charge in [0.1, 0.15) is 5.78 Å². The minimum Gasteiger partial charge on any atom is -0.394 e. The van der Waals surface area contributed by atoms with Gasteiger partial charge in [0.25, 0.3) is 0 Å². The molecule has 0 bridgehead atoms. The van der Waals surface area contributed by atoms with Crippen LogP contribution < -0.4 is 10.6 Å². The van der Waals surface area contributed by atoms with Crippen LogP contribution in [0.4, 0.5) is 4.79 Å². The van der Waals surface area contributed by atoms with Crippen molar-refractivity contribution >= 4 is 11.8 Å².